The Labute approximate surface area is 432 Å². The number of allylic oxidation sites excluding steroid dienone is 11. The summed E-state index contributed by atoms with van der Waals surface area (Å²) in [5.41, 5.74) is 0. The number of unbranched alkanes of at least 4 members (excludes halogenated alkanes) is 25. The van der Waals surface area contributed by atoms with Gasteiger partial charge in [-0.25, -0.2) is 4.57 Å². The fraction of sp³-hybridized carbons (Fsp3) is 0.767. The number of rotatable bonds is 51. The molecule has 0 rings (SSSR count). The number of hydrogen-bond acceptors (Lipinski definition) is 6. The molecule has 2 N–H and O–H groups in total. The van der Waals surface area contributed by atoms with Gasteiger partial charge in [0.2, 0.25) is 5.91 Å². The van der Waals surface area contributed by atoms with Crippen LogP contribution >= 0.6 is 7.82 Å². The number of carbonyl (C=O) groups excluding carboxylic acids is 2. The number of phosphoric acid groups is 1. The van der Waals surface area contributed by atoms with Crippen molar-refractivity contribution in [2.24, 2.45) is 0 Å². The van der Waals surface area contributed by atoms with E-state index in [0.717, 1.165) is 96.3 Å². The summed E-state index contributed by atoms with van der Waals surface area (Å²) in [7, 11) is 1.47. The van der Waals surface area contributed by atoms with Crippen LogP contribution in [-0.2, 0) is 27.9 Å². The van der Waals surface area contributed by atoms with Crippen molar-refractivity contribution in [2.45, 2.75) is 258 Å². The zero-order chi connectivity index (χ0) is 51.5. The van der Waals surface area contributed by atoms with Crippen molar-refractivity contribution in [2.75, 3.05) is 40.9 Å². The fourth-order valence-corrected chi connectivity index (χ4v) is 8.66. The molecule has 0 aromatic carbocycles. The fourth-order valence-electron chi connectivity index (χ4n) is 7.92. The summed E-state index contributed by atoms with van der Waals surface area (Å²) in [6, 6.07) is -0.868. The van der Waals surface area contributed by atoms with Gasteiger partial charge in [0.1, 0.15) is 19.3 Å². The molecule has 0 aliphatic heterocycles. The van der Waals surface area contributed by atoms with Crippen molar-refractivity contribution in [3.63, 3.8) is 0 Å². The van der Waals surface area contributed by atoms with Crippen molar-refractivity contribution < 1.29 is 37.3 Å². The van der Waals surface area contributed by atoms with Crippen LogP contribution in [0.3, 0.4) is 0 Å². The molecular weight excluding hydrogens is 892 g/mol. The van der Waals surface area contributed by atoms with Crippen LogP contribution < -0.4 is 5.32 Å². The van der Waals surface area contributed by atoms with Crippen LogP contribution in [0.4, 0.5) is 0 Å². The lowest BCUT2D eigenvalue weighted by molar-refractivity contribution is -0.870. The molecule has 1 amide bonds. The molecule has 0 aliphatic carbocycles. The van der Waals surface area contributed by atoms with Crippen LogP contribution in [0.5, 0.6) is 0 Å². The first kappa shape index (κ1) is 67.5. The van der Waals surface area contributed by atoms with Gasteiger partial charge in [0.15, 0.2) is 0 Å². The van der Waals surface area contributed by atoms with Gasteiger partial charge in [0.25, 0.3) is 0 Å². The summed E-state index contributed by atoms with van der Waals surface area (Å²) in [6.07, 6.45) is 63.2. The van der Waals surface area contributed by atoms with Gasteiger partial charge in [-0.2, -0.15) is 0 Å². The Morgan fingerprint density at radius 2 is 0.914 bits per heavy atom. The Hall–Kier alpha value is -2.55. The summed E-state index contributed by atoms with van der Waals surface area (Å²) in [5, 5.41) is 3.03. The number of esters is 1. The average Bonchev–Trinajstić information content (AvgIpc) is 3.32. The van der Waals surface area contributed by atoms with Crippen LogP contribution in [-0.4, -0.2) is 74.3 Å². The van der Waals surface area contributed by atoms with Crippen molar-refractivity contribution in [1.29, 1.82) is 0 Å². The van der Waals surface area contributed by atoms with E-state index in [1.54, 1.807) is 0 Å². The Balaban J connectivity index is 5.44. The highest BCUT2D eigenvalue weighted by molar-refractivity contribution is 7.47. The van der Waals surface area contributed by atoms with Crippen LogP contribution in [0.25, 0.3) is 0 Å². The number of ether oxygens (including phenoxy) is 1. The van der Waals surface area contributed by atoms with E-state index in [1.807, 2.05) is 33.3 Å². The molecule has 70 heavy (non-hydrogen) atoms. The van der Waals surface area contributed by atoms with E-state index in [9.17, 15) is 19.0 Å². The first-order valence-corrected chi connectivity index (χ1v) is 30.3. The maximum absolute atomic E-state index is 13.5. The molecule has 3 atom stereocenters. The highest BCUT2D eigenvalue weighted by Gasteiger charge is 2.30. The second-order valence-electron chi connectivity index (χ2n) is 20.4. The van der Waals surface area contributed by atoms with Gasteiger partial charge in [-0.05, 0) is 96.0 Å². The summed E-state index contributed by atoms with van der Waals surface area (Å²) in [5.74, 6) is -0.547. The van der Waals surface area contributed by atoms with Crippen LogP contribution in [0, 0.1) is 0 Å². The molecule has 9 nitrogen and oxygen atoms in total. The quantitative estimate of drug-likeness (QED) is 0.0205. The van der Waals surface area contributed by atoms with Crippen molar-refractivity contribution in [3.05, 3.63) is 72.9 Å². The molecule has 0 bridgehead atoms. The average molecular weight is 1000 g/mol. The number of nitrogens with zero attached hydrogens (tertiary/aromatic N) is 1. The molecule has 0 aromatic heterocycles. The Bertz CT molecular complexity index is 1430. The van der Waals surface area contributed by atoms with Crippen LogP contribution in [0.15, 0.2) is 72.9 Å². The van der Waals surface area contributed by atoms with Crippen molar-refractivity contribution in [3.8, 4) is 0 Å². The normalized spacial score (nSPS) is 14.3. The molecule has 0 aromatic rings. The molecule has 0 heterocycles. The number of nitrogens with one attached hydrogen (secondary N) is 1. The van der Waals surface area contributed by atoms with Crippen LogP contribution in [0.2, 0.25) is 0 Å². The van der Waals surface area contributed by atoms with Gasteiger partial charge in [-0.3, -0.25) is 18.6 Å². The predicted molar refractivity (Wildman–Crippen MR) is 300 cm³/mol. The van der Waals surface area contributed by atoms with E-state index in [4.69, 9.17) is 13.8 Å². The predicted octanol–water partition coefficient (Wildman–Crippen LogP) is 17.3. The topological polar surface area (TPSA) is 111 Å². The molecule has 3 unspecified atom stereocenters. The maximum atomic E-state index is 13.5. The minimum absolute atomic E-state index is 0.0308. The standard InChI is InChI=1S/C60H109N2O7P/c1-7-10-13-16-19-22-25-28-30-32-34-37-40-43-46-49-52-59(63)61-57(56-68-70(65,66)67-55-54-62(4,5)6)58(51-48-45-42-39-36-33-27-24-21-18-15-12-9-3)69-60(64)53-50-47-44-41-38-35-31-29-26-23-20-17-14-11-8-2/h10,13,19,22-23,26,28,30,34,37,48,51,57-58H,7-9,11-12,14-18,20-21,24-25,27,29,31-33,35-36,38-47,49-50,52-56H2,1-6H3,(H-,61,63,65,66)/p+1/b13-10+,22-19+,26-23-,30-28+,37-34+,51-48+. The summed E-state index contributed by atoms with van der Waals surface area (Å²) in [4.78, 5) is 37.6. The van der Waals surface area contributed by atoms with E-state index in [1.165, 1.54) is 109 Å². The third kappa shape index (κ3) is 50.4. The van der Waals surface area contributed by atoms with Gasteiger partial charge in [-0.15, -0.1) is 0 Å². The molecular formula is C60H110N2O7P+. The zero-order valence-corrected chi connectivity index (χ0v) is 47.1. The van der Waals surface area contributed by atoms with Crippen molar-refractivity contribution in [1.82, 2.24) is 5.32 Å². The number of quaternary nitrogens is 1. The second kappa shape index (κ2) is 50.0. The van der Waals surface area contributed by atoms with Gasteiger partial charge in [-0.1, -0.05) is 210 Å². The molecule has 0 spiro atoms. The molecule has 0 aliphatic rings. The zero-order valence-electron chi connectivity index (χ0n) is 46.2. The highest BCUT2D eigenvalue weighted by Crippen LogP contribution is 2.43. The summed E-state index contributed by atoms with van der Waals surface area (Å²) < 4.78 is 30.6. The molecule has 0 saturated heterocycles. The highest BCUT2D eigenvalue weighted by atomic mass is 31.2. The third-order valence-corrected chi connectivity index (χ3v) is 13.4. The minimum Gasteiger partial charge on any atom is -0.456 e. The summed E-state index contributed by atoms with van der Waals surface area (Å²) >= 11 is 0. The largest absolute Gasteiger partial charge is 0.472 e. The molecule has 0 saturated carbocycles. The van der Waals surface area contributed by atoms with E-state index >= 15 is 0 Å². The van der Waals surface area contributed by atoms with Gasteiger partial charge >= 0.3 is 13.8 Å². The Morgan fingerprint density at radius 1 is 0.514 bits per heavy atom. The lowest BCUT2D eigenvalue weighted by Crippen LogP contribution is -2.47. The molecule has 406 valence electrons. The first-order chi connectivity index (χ1) is 33.9. The van der Waals surface area contributed by atoms with Gasteiger partial charge in [0, 0.05) is 12.8 Å². The summed E-state index contributed by atoms with van der Waals surface area (Å²) in [6.45, 7) is 6.85. The second-order valence-corrected chi connectivity index (χ2v) is 21.9. The number of phosphoric ester groups is 1. The van der Waals surface area contributed by atoms with E-state index in [-0.39, 0.29) is 31.5 Å². The number of hydrogen-bond donors (Lipinski definition) is 2. The van der Waals surface area contributed by atoms with Crippen LogP contribution in [0.1, 0.15) is 245 Å². The van der Waals surface area contributed by atoms with E-state index < -0.39 is 20.0 Å². The van der Waals surface area contributed by atoms with Gasteiger partial charge in [0.05, 0.1) is 33.8 Å². The number of carbonyl (C=O) groups is 2. The van der Waals surface area contributed by atoms with Crippen molar-refractivity contribution >= 4 is 19.7 Å². The van der Waals surface area contributed by atoms with E-state index in [0.29, 0.717) is 23.9 Å². The maximum Gasteiger partial charge on any atom is 0.472 e. The third-order valence-electron chi connectivity index (χ3n) is 12.4. The Kier molecular flexibility index (Phi) is 48.2. The lowest BCUT2D eigenvalue weighted by Gasteiger charge is -2.27. The number of amides is 1. The molecule has 0 radical (unpaired) electrons. The first-order valence-electron chi connectivity index (χ1n) is 28.8. The monoisotopic (exact) mass is 1000 g/mol. The number of likely N-dealkylation sites (N-methyl/N-ethyl adjacent to an activating group) is 1. The molecule has 10 heteroatoms. The smallest absolute Gasteiger partial charge is 0.456 e. The Morgan fingerprint density at radius 3 is 1.41 bits per heavy atom. The van der Waals surface area contributed by atoms with Gasteiger partial charge < -0.3 is 19.4 Å². The minimum atomic E-state index is -4.46. The lowest BCUT2D eigenvalue weighted by atomic mass is 10.0. The SMILES string of the molecule is CC/C=C/C/C=C/C/C=C/C/C=C/CCCCCC(=O)NC(COP(=O)(O)OCC[N+](C)(C)C)C(/C=C/CCCCCCCCCCCCC)OC(=O)CCCCCCCCC/C=C\CCCCCC. The van der Waals surface area contributed by atoms with E-state index in [2.05, 4.69) is 86.8 Å². The molecule has 0 fully saturated rings.